The molecule has 1 aromatic carbocycles. The SMILES string of the molecule is CCC[C@@H](N)c1cc2cccc(Cl)c2o1. The van der Waals surface area contributed by atoms with Crippen LogP contribution in [0.15, 0.2) is 28.7 Å². The van der Waals surface area contributed by atoms with Crippen molar-refractivity contribution >= 4 is 22.6 Å². The molecule has 1 aromatic heterocycles. The molecule has 0 aliphatic carbocycles. The minimum atomic E-state index is -0.0292. The maximum Gasteiger partial charge on any atom is 0.152 e. The summed E-state index contributed by atoms with van der Waals surface area (Å²) in [5.41, 5.74) is 6.72. The van der Waals surface area contributed by atoms with Crippen molar-refractivity contribution in [3.05, 3.63) is 35.0 Å². The van der Waals surface area contributed by atoms with E-state index >= 15 is 0 Å². The number of rotatable bonds is 3. The standard InChI is InChI=1S/C12H14ClNO/c1-2-4-10(14)11-7-8-5-3-6-9(13)12(8)15-11/h3,5-7,10H,2,4,14H2,1H3/t10-/m1/s1. The van der Waals surface area contributed by atoms with Gasteiger partial charge in [-0.1, -0.05) is 37.1 Å². The normalized spacial score (nSPS) is 13.3. The Kier molecular flexibility index (Phi) is 2.98. The Bertz CT molecular complexity index is 464. The molecular weight excluding hydrogens is 210 g/mol. The zero-order chi connectivity index (χ0) is 10.8. The second-order valence-electron chi connectivity index (χ2n) is 3.70. The van der Waals surface area contributed by atoms with Gasteiger partial charge in [-0.15, -0.1) is 0 Å². The summed E-state index contributed by atoms with van der Waals surface area (Å²) in [5.74, 6) is 0.819. The molecule has 1 heterocycles. The third kappa shape index (κ3) is 2.01. The quantitative estimate of drug-likeness (QED) is 0.858. The van der Waals surface area contributed by atoms with Crippen LogP contribution in [-0.4, -0.2) is 0 Å². The van der Waals surface area contributed by atoms with E-state index in [0.717, 1.165) is 29.6 Å². The molecule has 1 atom stereocenters. The minimum absolute atomic E-state index is 0.0292. The summed E-state index contributed by atoms with van der Waals surface area (Å²) in [5, 5.41) is 1.66. The van der Waals surface area contributed by atoms with E-state index in [-0.39, 0.29) is 6.04 Å². The minimum Gasteiger partial charge on any atom is -0.458 e. The molecule has 2 N–H and O–H groups in total. The Hall–Kier alpha value is -0.990. The monoisotopic (exact) mass is 223 g/mol. The van der Waals surface area contributed by atoms with Gasteiger partial charge in [0.2, 0.25) is 0 Å². The molecule has 0 spiro atoms. The first-order chi connectivity index (χ1) is 7.22. The van der Waals surface area contributed by atoms with E-state index in [4.69, 9.17) is 21.8 Å². The summed E-state index contributed by atoms with van der Waals surface area (Å²) in [6, 6.07) is 7.66. The summed E-state index contributed by atoms with van der Waals surface area (Å²) < 4.78 is 5.66. The Morgan fingerprint density at radius 1 is 1.47 bits per heavy atom. The lowest BCUT2D eigenvalue weighted by atomic mass is 10.1. The Balaban J connectivity index is 2.43. The first-order valence-corrected chi connectivity index (χ1v) is 5.53. The number of nitrogens with two attached hydrogens (primary N) is 1. The second kappa shape index (κ2) is 4.25. The summed E-state index contributed by atoms with van der Waals surface area (Å²) in [7, 11) is 0. The first kappa shape index (κ1) is 10.5. The van der Waals surface area contributed by atoms with Crippen LogP contribution in [-0.2, 0) is 0 Å². The molecule has 0 radical (unpaired) electrons. The fourth-order valence-electron chi connectivity index (χ4n) is 1.68. The molecule has 15 heavy (non-hydrogen) atoms. The van der Waals surface area contributed by atoms with E-state index in [9.17, 15) is 0 Å². The van der Waals surface area contributed by atoms with Gasteiger partial charge in [0.1, 0.15) is 5.76 Å². The van der Waals surface area contributed by atoms with Gasteiger partial charge < -0.3 is 10.2 Å². The number of halogens is 1. The predicted molar refractivity (Wildman–Crippen MR) is 63.1 cm³/mol. The third-order valence-electron chi connectivity index (χ3n) is 2.48. The summed E-state index contributed by atoms with van der Waals surface area (Å²) in [4.78, 5) is 0. The van der Waals surface area contributed by atoms with Crippen LogP contribution >= 0.6 is 11.6 Å². The molecule has 0 saturated carbocycles. The van der Waals surface area contributed by atoms with Gasteiger partial charge in [0.15, 0.2) is 5.58 Å². The van der Waals surface area contributed by atoms with Crippen molar-refractivity contribution in [2.75, 3.05) is 0 Å². The molecule has 2 nitrogen and oxygen atoms in total. The summed E-state index contributed by atoms with van der Waals surface area (Å²) in [6.07, 6.45) is 1.98. The van der Waals surface area contributed by atoms with Gasteiger partial charge in [-0.2, -0.15) is 0 Å². The highest BCUT2D eigenvalue weighted by atomic mass is 35.5. The van der Waals surface area contributed by atoms with Crippen LogP contribution in [0.5, 0.6) is 0 Å². The Morgan fingerprint density at radius 2 is 2.27 bits per heavy atom. The molecule has 0 saturated heterocycles. The molecule has 0 unspecified atom stereocenters. The van der Waals surface area contributed by atoms with Crippen molar-refractivity contribution in [1.29, 1.82) is 0 Å². The molecule has 80 valence electrons. The van der Waals surface area contributed by atoms with E-state index in [2.05, 4.69) is 6.92 Å². The van der Waals surface area contributed by atoms with Crippen molar-refractivity contribution in [3.8, 4) is 0 Å². The van der Waals surface area contributed by atoms with E-state index in [1.54, 1.807) is 0 Å². The van der Waals surface area contributed by atoms with Crippen molar-refractivity contribution in [2.24, 2.45) is 5.73 Å². The number of furan rings is 1. The zero-order valence-electron chi connectivity index (χ0n) is 8.66. The molecule has 0 fully saturated rings. The van der Waals surface area contributed by atoms with Gasteiger partial charge in [-0.3, -0.25) is 0 Å². The van der Waals surface area contributed by atoms with Gasteiger partial charge in [-0.05, 0) is 18.6 Å². The van der Waals surface area contributed by atoms with E-state index in [1.807, 2.05) is 24.3 Å². The topological polar surface area (TPSA) is 39.2 Å². The molecule has 2 aromatic rings. The van der Waals surface area contributed by atoms with Crippen molar-refractivity contribution < 1.29 is 4.42 Å². The largest absolute Gasteiger partial charge is 0.458 e. The molecule has 2 rings (SSSR count). The number of para-hydroxylation sites is 1. The molecule has 0 aliphatic heterocycles. The molecule has 0 aliphatic rings. The lowest BCUT2D eigenvalue weighted by molar-refractivity contribution is 0.475. The van der Waals surface area contributed by atoms with Crippen molar-refractivity contribution in [2.45, 2.75) is 25.8 Å². The Labute approximate surface area is 94.0 Å². The number of hydrogen-bond acceptors (Lipinski definition) is 2. The van der Waals surface area contributed by atoms with Crippen LogP contribution in [0.3, 0.4) is 0 Å². The summed E-state index contributed by atoms with van der Waals surface area (Å²) in [6.45, 7) is 2.11. The number of hydrogen-bond donors (Lipinski definition) is 1. The van der Waals surface area contributed by atoms with Crippen LogP contribution in [0.1, 0.15) is 31.6 Å². The predicted octanol–water partition coefficient (Wildman–Crippen LogP) is 3.89. The maximum atomic E-state index is 6.02. The van der Waals surface area contributed by atoms with Crippen molar-refractivity contribution in [3.63, 3.8) is 0 Å². The second-order valence-corrected chi connectivity index (χ2v) is 4.11. The third-order valence-corrected chi connectivity index (χ3v) is 2.78. The zero-order valence-corrected chi connectivity index (χ0v) is 9.42. The van der Waals surface area contributed by atoms with Gasteiger partial charge in [0.25, 0.3) is 0 Å². The fourth-order valence-corrected chi connectivity index (χ4v) is 1.90. The van der Waals surface area contributed by atoms with Gasteiger partial charge in [0, 0.05) is 5.39 Å². The molecule has 3 heteroatoms. The summed E-state index contributed by atoms with van der Waals surface area (Å²) >= 11 is 6.02. The maximum absolute atomic E-state index is 6.02. The first-order valence-electron chi connectivity index (χ1n) is 5.16. The van der Waals surface area contributed by atoms with Gasteiger partial charge >= 0.3 is 0 Å². The van der Waals surface area contributed by atoms with Crippen LogP contribution in [0.2, 0.25) is 5.02 Å². The fraction of sp³-hybridized carbons (Fsp3) is 0.333. The lowest BCUT2D eigenvalue weighted by Gasteiger charge is -2.04. The lowest BCUT2D eigenvalue weighted by Crippen LogP contribution is -2.08. The van der Waals surface area contributed by atoms with Crippen LogP contribution in [0.25, 0.3) is 11.0 Å². The number of benzene rings is 1. The Morgan fingerprint density at radius 3 is 2.93 bits per heavy atom. The average molecular weight is 224 g/mol. The number of fused-ring (bicyclic) bond motifs is 1. The van der Waals surface area contributed by atoms with Gasteiger partial charge in [0.05, 0.1) is 11.1 Å². The highest BCUT2D eigenvalue weighted by Gasteiger charge is 2.12. The van der Waals surface area contributed by atoms with E-state index in [1.165, 1.54) is 0 Å². The highest BCUT2D eigenvalue weighted by molar-refractivity contribution is 6.34. The van der Waals surface area contributed by atoms with Crippen LogP contribution in [0.4, 0.5) is 0 Å². The van der Waals surface area contributed by atoms with Gasteiger partial charge in [-0.25, -0.2) is 0 Å². The van der Waals surface area contributed by atoms with E-state index in [0.29, 0.717) is 5.02 Å². The molecule has 0 bridgehead atoms. The van der Waals surface area contributed by atoms with E-state index < -0.39 is 0 Å². The average Bonchev–Trinajstić information content (AvgIpc) is 2.63. The highest BCUT2D eigenvalue weighted by Crippen LogP contribution is 2.29. The molecule has 0 amide bonds. The smallest absolute Gasteiger partial charge is 0.152 e. The van der Waals surface area contributed by atoms with Crippen LogP contribution in [0, 0.1) is 0 Å². The molecular formula is C12H14ClNO. The van der Waals surface area contributed by atoms with Crippen LogP contribution < -0.4 is 5.73 Å². The van der Waals surface area contributed by atoms with Crippen molar-refractivity contribution in [1.82, 2.24) is 0 Å².